The molecular formula is C13H16N4O. The number of hydrogen-bond donors (Lipinski definition) is 2. The number of hydrogen-bond acceptors (Lipinski definition) is 3. The van der Waals surface area contributed by atoms with Gasteiger partial charge in [-0.15, -0.1) is 0 Å². The van der Waals surface area contributed by atoms with Crippen LogP contribution in [0.4, 0.5) is 11.5 Å². The van der Waals surface area contributed by atoms with E-state index >= 15 is 0 Å². The van der Waals surface area contributed by atoms with E-state index in [0.29, 0.717) is 11.4 Å². The van der Waals surface area contributed by atoms with E-state index in [1.807, 2.05) is 32.3 Å². The summed E-state index contributed by atoms with van der Waals surface area (Å²) >= 11 is 0. The Bertz CT molecular complexity index is 530. The van der Waals surface area contributed by atoms with Gasteiger partial charge in [0.25, 0.3) is 5.91 Å². The molecule has 94 valence electrons. The number of rotatable bonds is 4. The molecule has 18 heavy (non-hydrogen) atoms. The fraction of sp³-hybridized carbons (Fsp3) is 0.231. The number of aryl methyl sites for hydroxylation is 1. The summed E-state index contributed by atoms with van der Waals surface area (Å²) in [4.78, 5) is 11.9. The van der Waals surface area contributed by atoms with E-state index in [1.54, 1.807) is 22.9 Å². The molecule has 0 aliphatic carbocycles. The van der Waals surface area contributed by atoms with Crippen molar-refractivity contribution in [2.24, 2.45) is 0 Å². The first kappa shape index (κ1) is 12.2. The summed E-state index contributed by atoms with van der Waals surface area (Å²) in [6.07, 6.45) is 1.83. The Morgan fingerprint density at radius 3 is 2.56 bits per heavy atom. The van der Waals surface area contributed by atoms with Crippen molar-refractivity contribution in [2.45, 2.75) is 13.5 Å². The first-order chi connectivity index (χ1) is 8.72. The van der Waals surface area contributed by atoms with Crippen LogP contribution in [0.1, 0.15) is 17.3 Å². The third kappa shape index (κ3) is 2.68. The molecule has 0 atom stereocenters. The highest BCUT2D eigenvalue weighted by atomic mass is 16.1. The number of nitrogens with one attached hydrogen (secondary N) is 2. The summed E-state index contributed by atoms with van der Waals surface area (Å²) < 4.78 is 1.76. The normalized spacial score (nSPS) is 10.1. The molecule has 0 bridgehead atoms. The highest BCUT2D eigenvalue weighted by Crippen LogP contribution is 2.10. The molecule has 0 aliphatic heterocycles. The highest BCUT2D eigenvalue weighted by molar-refractivity contribution is 6.03. The van der Waals surface area contributed by atoms with Gasteiger partial charge in [0.05, 0.1) is 0 Å². The molecule has 1 aromatic heterocycles. The van der Waals surface area contributed by atoms with Crippen molar-refractivity contribution < 1.29 is 4.79 Å². The van der Waals surface area contributed by atoms with Crippen LogP contribution in [0.25, 0.3) is 0 Å². The number of carbonyl (C=O) groups is 1. The van der Waals surface area contributed by atoms with Crippen LogP contribution in [-0.4, -0.2) is 22.7 Å². The van der Waals surface area contributed by atoms with Crippen LogP contribution in [0.5, 0.6) is 0 Å². The minimum atomic E-state index is -0.154. The molecule has 0 aliphatic rings. The minimum absolute atomic E-state index is 0.154. The maximum Gasteiger partial charge on any atom is 0.256 e. The molecule has 0 spiro atoms. The lowest BCUT2D eigenvalue weighted by atomic mass is 10.2. The van der Waals surface area contributed by atoms with Gasteiger partial charge in [-0.25, -0.2) is 0 Å². The number of carbonyl (C=O) groups excluding carboxylic acids is 1. The van der Waals surface area contributed by atoms with Crippen LogP contribution in [0, 0.1) is 0 Å². The Labute approximate surface area is 106 Å². The van der Waals surface area contributed by atoms with Gasteiger partial charge < -0.3 is 10.6 Å². The van der Waals surface area contributed by atoms with E-state index in [9.17, 15) is 4.79 Å². The third-order valence-corrected chi connectivity index (χ3v) is 2.64. The Morgan fingerprint density at radius 2 is 2.00 bits per heavy atom. The van der Waals surface area contributed by atoms with E-state index in [2.05, 4.69) is 15.7 Å². The first-order valence-electron chi connectivity index (χ1n) is 5.85. The molecule has 2 N–H and O–H groups in total. The van der Waals surface area contributed by atoms with Gasteiger partial charge in [-0.1, -0.05) is 0 Å². The monoisotopic (exact) mass is 244 g/mol. The van der Waals surface area contributed by atoms with Crippen molar-refractivity contribution in [1.82, 2.24) is 9.78 Å². The van der Waals surface area contributed by atoms with E-state index in [-0.39, 0.29) is 5.91 Å². The highest BCUT2D eigenvalue weighted by Gasteiger charge is 2.07. The van der Waals surface area contributed by atoms with Gasteiger partial charge in [0.15, 0.2) is 5.82 Å². The van der Waals surface area contributed by atoms with Crippen LogP contribution in [-0.2, 0) is 6.54 Å². The summed E-state index contributed by atoms with van der Waals surface area (Å²) in [7, 11) is 1.84. The average molecular weight is 244 g/mol. The van der Waals surface area contributed by atoms with Crippen LogP contribution < -0.4 is 10.6 Å². The quantitative estimate of drug-likeness (QED) is 0.866. The average Bonchev–Trinajstić information content (AvgIpc) is 2.86. The summed E-state index contributed by atoms with van der Waals surface area (Å²) in [6, 6.07) is 9.05. The van der Waals surface area contributed by atoms with Gasteiger partial charge in [0.1, 0.15) is 0 Å². The van der Waals surface area contributed by atoms with E-state index in [1.165, 1.54) is 0 Å². The zero-order chi connectivity index (χ0) is 13.0. The van der Waals surface area contributed by atoms with Crippen molar-refractivity contribution >= 4 is 17.4 Å². The van der Waals surface area contributed by atoms with Gasteiger partial charge in [-0.3, -0.25) is 9.48 Å². The SMILES string of the molecule is CCn1ccc(NC(=O)c2ccc(NC)cc2)n1. The molecule has 1 amide bonds. The number of nitrogens with zero attached hydrogens (tertiary/aromatic N) is 2. The van der Waals surface area contributed by atoms with Gasteiger partial charge in [-0.2, -0.15) is 5.10 Å². The van der Waals surface area contributed by atoms with Crippen LogP contribution in [0.3, 0.4) is 0 Å². The van der Waals surface area contributed by atoms with Gasteiger partial charge in [0, 0.05) is 37.1 Å². The molecule has 1 heterocycles. The molecular weight excluding hydrogens is 228 g/mol. The van der Waals surface area contributed by atoms with Gasteiger partial charge in [-0.05, 0) is 31.2 Å². The zero-order valence-corrected chi connectivity index (χ0v) is 10.5. The fourth-order valence-electron chi connectivity index (χ4n) is 1.58. The predicted molar refractivity (Wildman–Crippen MR) is 71.8 cm³/mol. The number of benzene rings is 1. The van der Waals surface area contributed by atoms with E-state index in [0.717, 1.165) is 12.2 Å². The molecule has 5 nitrogen and oxygen atoms in total. The van der Waals surface area contributed by atoms with Crippen molar-refractivity contribution in [3.8, 4) is 0 Å². The van der Waals surface area contributed by atoms with E-state index in [4.69, 9.17) is 0 Å². The second kappa shape index (κ2) is 5.35. The molecule has 0 unspecified atom stereocenters. The Hall–Kier alpha value is -2.30. The fourth-order valence-corrected chi connectivity index (χ4v) is 1.58. The molecule has 5 heteroatoms. The second-order valence-corrected chi connectivity index (χ2v) is 3.84. The Kier molecular flexibility index (Phi) is 3.62. The maximum atomic E-state index is 11.9. The molecule has 2 rings (SSSR count). The summed E-state index contributed by atoms with van der Waals surface area (Å²) in [5, 5.41) is 9.97. The van der Waals surface area contributed by atoms with Crippen molar-refractivity contribution in [1.29, 1.82) is 0 Å². The third-order valence-electron chi connectivity index (χ3n) is 2.64. The lowest BCUT2D eigenvalue weighted by Crippen LogP contribution is -2.12. The van der Waals surface area contributed by atoms with Crippen LogP contribution in [0.15, 0.2) is 36.5 Å². The lowest BCUT2D eigenvalue weighted by Gasteiger charge is -2.04. The minimum Gasteiger partial charge on any atom is -0.388 e. The molecule has 0 fully saturated rings. The summed E-state index contributed by atoms with van der Waals surface area (Å²) in [5.74, 6) is 0.415. The van der Waals surface area contributed by atoms with Gasteiger partial charge in [0.2, 0.25) is 0 Å². The molecule has 0 saturated carbocycles. The molecule has 1 aromatic carbocycles. The van der Waals surface area contributed by atoms with Crippen molar-refractivity contribution in [2.75, 3.05) is 17.7 Å². The summed E-state index contributed by atoms with van der Waals surface area (Å²) in [5.41, 5.74) is 1.59. The van der Waals surface area contributed by atoms with E-state index < -0.39 is 0 Å². The molecule has 0 saturated heterocycles. The Morgan fingerprint density at radius 1 is 1.28 bits per heavy atom. The second-order valence-electron chi connectivity index (χ2n) is 3.84. The van der Waals surface area contributed by atoms with Crippen molar-refractivity contribution in [3.05, 3.63) is 42.1 Å². The maximum absolute atomic E-state index is 11.9. The molecule has 2 aromatic rings. The molecule has 0 radical (unpaired) electrons. The number of anilines is 2. The van der Waals surface area contributed by atoms with Gasteiger partial charge >= 0.3 is 0 Å². The topological polar surface area (TPSA) is 59.0 Å². The van der Waals surface area contributed by atoms with Crippen LogP contribution in [0.2, 0.25) is 0 Å². The number of aromatic nitrogens is 2. The first-order valence-corrected chi connectivity index (χ1v) is 5.85. The standard InChI is InChI=1S/C13H16N4O/c1-3-17-9-8-12(16-17)15-13(18)10-4-6-11(14-2)7-5-10/h4-9,14H,3H2,1-2H3,(H,15,16,18). The zero-order valence-electron chi connectivity index (χ0n) is 10.5. The predicted octanol–water partition coefficient (Wildman–Crippen LogP) is 2.20. The lowest BCUT2D eigenvalue weighted by molar-refractivity contribution is 0.102. The summed E-state index contributed by atoms with van der Waals surface area (Å²) in [6.45, 7) is 2.78. The largest absolute Gasteiger partial charge is 0.388 e. The van der Waals surface area contributed by atoms with Crippen molar-refractivity contribution in [3.63, 3.8) is 0 Å². The van der Waals surface area contributed by atoms with Crippen LogP contribution >= 0.6 is 0 Å². The Balaban J connectivity index is 2.06. The smallest absolute Gasteiger partial charge is 0.256 e. The number of amides is 1.